The number of rotatable bonds is 7. The van der Waals surface area contributed by atoms with E-state index >= 15 is 0 Å². The fourth-order valence-electron chi connectivity index (χ4n) is 3.02. The van der Waals surface area contributed by atoms with Crippen LogP contribution in [0.5, 0.6) is 0 Å². The zero-order chi connectivity index (χ0) is 20.6. The van der Waals surface area contributed by atoms with Crippen LogP contribution in [0, 0.1) is 0 Å². The molecule has 0 bridgehead atoms. The number of carbonyl (C=O) groups is 2. The van der Waals surface area contributed by atoms with Crippen molar-refractivity contribution in [3.8, 4) is 11.1 Å². The summed E-state index contributed by atoms with van der Waals surface area (Å²) in [6.07, 6.45) is 1.09. The first-order chi connectivity index (χ1) is 14.1. The number of hydrogen-bond donors (Lipinski definition) is 2. The van der Waals surface area contributed by atoms with E-state index in [4.69, 9.17) is 0 Å². The van der Waals surface area contributed by atoms with Crippen LogP contribution in [0.2, 0.25) is 0 Å². The SMILES string of the molecule is CC[C@@H](C)NC(=O)c1ccccc1NC(=O)Cc1ccc(-c2ccccc2)cc1. The third-order valence-corrected chi connectivity index (χ3v) is 4.86. The molecule has 0 saturated carbocycles. The number of nitrogens with one attached hydrogen (secondary N) is 2. The molecule has 3 aromatic rings. The molecule has 0 aliphatic carbocycles. The maximum atomic E-state index is 12.5. The molecule has 0 unspecified atom stereocenters. The van der Waals surface area contributed by atoms with Crippen molar-refractivity contribution in [3.63, 3.8) is 0 Å². The normalized spacial score (nSPS) is 11.5. The number of para-hydroxylation sites is 1. The molecular weight excluding hydrogens is 360 g/mol. The van der Waals surface area contributed by atoms with E-state index in [1.165, 1.54) is 0 Å². The summed E-state index contributed by atoms with van der Waals surface area (Å²) in [5.74, 6) is -0.330. The molecule has 0 radical (unpaired) electrons. The lowest BCUT2D eigenvalue weighted by Crippen LogP contribution is -2.32. The van der Waals surface area contributed by atoms with Crippen molar-refractivity contribution in [3.05, 3.63) is 90.0 Å². The van der Waals surface area contributed by atoms with Gasteiger partial charge in [-0.15, -0.1) is 0 Å². The standard InChI is InChI=1S/C25H26N2O2/c1-3-18(2)26-25(29)22-11-7-8-12-23(22)27-24(28)17-19-13-15-21(16-14-19)20-9-5-4-6-10-20/h4-16,18H,3,17H2,1-2H3,(H,26,29)(H,27,28)/t18-/m1/s1. The Labute approximate surface area is 172 Å². The molecule has 0 aliphatic rings. The van der Waals surface area contributed by atoms with E-state index in [0.29, 0.717) is 11.3 Å². The van der Waals surface area contributed by atoms with Gasteiger partial charge in [0.25, 0.3) is 5.91 Å². The quantitative estimate of drug-likeness (QED) is 0.596. The molecule has 29 heavy (non-hydrogen) atoms. The molecule has 0 aromatic heterocycles. The van der Waals surface area contributed by atoms with Crippen LogP contribution in [-0.2, 0) is 11.2 Å². The minimum Gasteiger partial charge on any atom is -0.350 e. The smallest absolute Gasteiger partial charge is 0.253 e. The van der Waals surface area contributed by atoms with Gasteiger partial charge in [0.05, 0.1) is 17.7 Å². The van der Waals surface area contributed by atoms with Crippen LogP contribution in [0.1, 0.15) is 36.2 Å². The molecule has 0 fully saturated rings. The summed E-state index contributed by atoms with van der Waals surface area (Å²) in [6, 6.07) is 25.2. The van der Waals surface area contributed by atoms with Crippen molar-refractivity contribution < 1.29 is 9.59 Å². The van der Waals surface area contributed by atoms with Crippen molar-refractivity contribution in [1.29, 1.82) is 0 Å². The van der Waals surface area contributed by atoms with E-state index in [-0.39, 0.29) is 24.3 Å². The van der Waals surface area contributed by atoms with Crippen molar-refractivity contribution >= 4 is 17.5 Å². The molecule has 1 atom stereocenters. The first-order valence-corrected chi connectivity index (χ1v) is 9.91. The van der Waals surface area contributed by atoms with E-state index in [2.05, 4.69) is 22.8 Å². The van der Waals surface area contributed by atoms with Crippen LogP contribution in [0.4, 0.5) is 5.69 Å². The van der Waals surface area contributed by atoms with Crippen molar-refractivity contribution in [1.82, 2.24) is 5.32 Å². The molecule has 2 N–H and O–H groups in total. The Bertz CT molecular complexity index is 966. The van der Waals surface area contributed by atoms with Crippen LogP contribution in [0.15, 0.2) is 78.9 Å². The molecule has 3 rings (SSSR count). The summed E-state index contributed by atoms with van der Waals surface area (Å²) < 4.78 is 0. The minimum atomic E-state index is -0.178. The number of amides is 2. The van der Waals surface area contributed by atoms with Crippen molar-refractivity contribution in [2.75, 3.05) is 5.32 Å². The molecule has 2 amide bonds. The summed E-state index contributed by atoms with van der Waals surface area (Å²) in [4.78, 5) is 25.0. The summed E-state index contributed by atoms with van der Waals surface area (Å²) in [7, 11) is 0. The molecule has 3 aromatic carbocycles. The Morgan fingerprint density at radius 3 is 2.14 bits per heavy atom. The van der Waals surface area contributed by atoms with Gasteiger partial charge in [0.15, 0.2) is 0 Å². The topological polar surface area (TPSA) is 58.2 Å². The highest BCUT2D eigenvalue weighted by atomic mass is 16.2. The Hall–Kier alpha value is -3.40. The molecule has 4 heteroatoms. The number of benzene rings is 3. The van der Waals surface area contributed by atoms with Gasteiger partial charge in [-0.1, -0.05) is 73.7 Å². The van der Waals surface area contributed by atoms with Gasteiger partial charge in [0, 0.05) is 6.04 Å². The van der Waals surface area contributed by atoms with Crippen LogP contribution in [0.25, 0.3) is 11.1 Å². The first kappa shape index (κ1) is 20.3. The third-order valence-electron chi connectivity index (χ3n) is 4.86. The summed E-state index contributed by atoms with van der Waals surface area (Å²) >= 11 is 0. The Balaban J connectivity index is 1.66. The molecule has 0 aliphatic heterocycles. The summed E-state index contributed by atoms with van der Waals surface area (Å²) in [5, 5.41) is 5.82. The maximum absolute atomic E-state index is 12.5. The molecule has 148 valence electrons. The predicted molar refractivity (Wildman–Crippen MR) is 118 cm³/mol. The largest absolute Gasteiger partial charge is 0.350 e. The molecule has 0 heterocycles. The van der Waals surface area contributed by atoms with Gasteiger partial charge in [-0.25, -0.2) is 0 Å². The Morgan fingerprint density at radius 2 is 1.45 bits per heavy atom. The van der Waals surface area contributed by atoms with E-state index in [9.17, 15) is 9.59 Å². The van der Waals surface area contributed by atoms with Crippen molar-refractivity contribution in [2.45, 2.75) is 32.7 Å². The Morgan fingerprint density at radius 1 is 0.828 bits per heavy atom. The average molecular weight is 386 g/mol. The molecule has 0 spiro atoms. The highest BCUT2D eigenvalue weighted by molar-refractivity contribution is 6.04. The van der Waals surface area contributed by atoms with Gasteiger partial charge in [0.2, 0.25) is 5.91 Å². The van der Waals surface area contributed by atoms with Gasteiger partial charge >= 0.3 is 0 Å². The average Bonchev–Trinajstić information content (AvgIpc) is 2.75. The second-order valence-electron chi connectivity index (χ2n) is 7.12. The monoisotopic (exact) mass is 386 g/mol. The minimum absolute atomic E-state index is 0.0781. The maximum Gasteiger partial charge on any atom is 0.253 e. The second kappa shape index (κ2) is 9.69. The van der Waals surface area contributed by atoms with E-state index < -0.39 is 0 Å². The highest BCUT2D eigenvalue weighted by Gasteiger charge is 2.14. The molecule has 4 nitrogen and oxygen atoms in total. The number of anilines is 1. The van der Waals surface area contributed by atoms with Gasteiger partial charge in [-0.3, -0.25) is 9.59 Å². The van der Waals surface area contributed by atoms with E-state index in [1.54, 1.807) is 18.2 Å². The second-order valence-corrected chi connectivity index (χ2v) is 7.12. The van der Waals surface area contributed by atoms with E-state index in [1.807, 2.05) is 62.4 Å². The lowest BCUT2D eigenvalue weighted by Gasteiger charge is -2.14. The van der Waals surface area contributed by atoms with Crippen LogP contribution in [-0.4, -0.2) is 17.9 Å². The summed E-state index contributed by atoms with van der Waals surface area (Å²) in [5.41, 5.74) is 4.18. The van der Waals surface area contributed by atoms with Gasteiger partial charge < -0.3 is 10.6 Å². The molecule has 0 saturated heterocycles. The van der Waals surface area contributed by atoms with Gasteiger partial charge in [-0.2, -0.15) is 0 Å². The van der Waals surface area contributed by atoms with Crippen LogP contribution < -0.4 is 10.6 Å². The summed E-state index contributed by atoms with van der Waals surface area (Å²) in [6.45, 7) is 3.97. The van der Waals surface area contributed by atoms with Gasteiger partial charge in [0.1, 0.15) is 0 Å². The first-order valence-electron chi connectivity index (χ1n) is 9.91. The third kappa shape index (κ3) is 5.55. The Kier molecular flexibility index (Phi) is 6.80. The lowest BCUT2D eigenvalue weighted by molar-refractivity contribution is -0.115. The predicted octanol–water partition coefficient (Wildman–Crippen LogP) is 5.06. The molecular formula is C25H26N2O2. The fourth-order valence-corrected chi connectivity index (χ4v) is 3.02. The number of carbonyl (C=O) groups excluding carboxylic acids is 2. The van der Waals surface area contributed by atoms with Crippen LogP contribution >= 0.6 is 0 Å². The van der Waals surface area contributed by atoms with E-state index in [0.717, 1.165) is 23.1 Å². The van der Waals surface area contributed by atoms with Crippen LogP contribution in [0.3, 0.4) is 0 Å². The fraction of sp³-hybridized carbons (Fsp3) is 0.200. The lowest BCUT2D eigenvalue weighted by atomic mass is 10.0. The number of hydrogen-bond acceptors (Lipinski definition) is 2. The van der Waals surface area contributed by atoms with Crippen molar-refractivity contribution in [2.24, 2.45) is 0 Å². The zero-order valence-electron chi connectivity index (χ0n) is 16.8. The zero-order valence-corrected chi connectivity index (χ0v) is 16.8. The van der Waals surface area contributed by atoms with Gasteiger partial charge in [-0.05, 0) is 42.2 Å². The highest BCUT2D eigenvalue weighted by Crippen LogP contribution is 2.20.